The summed E-state index contributed by atoms with van der Waals surface area (Å²) in [7, 11) is 0. The molecule has 0 aliphatic carbocycles. The van der Waals surface area contributed by atoms with E-state index in [1.165, 1.54) is 16.9 Å². The topological polar surface area (TPSA) is 73.6 Å². The Balaban J connectivity index is 1.46. The second kappa shape index (κ2) is 8.22. The molecule has 0 amide bonds. The first-order valence-corrected chi connectivity index (χ1v) is 9.86. The minimum absolute atomic E-state index is 0.0923. The fourth-order valence-corrected chi connectivity index (χ4v) is 3.89. The van der Waals surface area contributed by atoms with Crippen LogP contribution in [0.15, 0.2) is 61.1 Å². The number of hydrogen-bond donors (Lipinski definition) is 0. The van der Waals surface area contributed by atoms with E-state index in [9.17, 15) is 4.79 Å². The van der Waals surface area contributed by atoms with Crippen molar-refractivity contribution >= 4 is 17.1 Å². The first-order chi connectivity index (χ1) is 13.7. The van der Waals surface area contributed by atoms with Crippen molar-refractivity contribution in [3.05, 3.63) is 88.4 Å². The molecule has 0 spiro atoms. The molecule has 3 heterocycles. The maximum Gasteiger partial charge on any atom is 0.212 e. The van der Waals surface area contributed by atoms with Crippen molar-refractivity contribution in [3.8, 4) is 5.13 Å². The molecule has 0 saturated carbocycles. The Labute approximate surface area is 166 Å². The molecule has 140 valence electrons. The predicted octanol–water partition coefficient (Wildman–Crippen LogP) is 3.83. The summed E-state index contributed by atoms with van der Waals surface area (Å²) in [4.78, 5) is 21.9. The summed E-state index contributed by atoms with van der Waals surface area (Å²) in [6.45, 7) is 1.86. The number of Topliss-reactive ketones (excluding diaryl/α,β-unsaturated/α-hetero) is 1. The Bertz CT molecular complexity index is 1070. The van der Waals surface area contributed by atoms with Crippen molar-refractivity contribution in [2.75, 3.05) is 0 Å². The van der Waals surface area contributed by atoms with E-state index in [1.807, 2.05) is 43.5 Å². The number of pyridine rings is 1. The minimum Gasteiger partial charge on any atom is -0.293 e. The molecule has 4 aromatic rings. The number of ketones is 1. The normalized spacial score (nSPS) is 10.9. The van der Waals surface area contributed by atoms with Gasteiger partial charge in [0.25, 0.3) is 0 Å². The number of aryl methyl sites for hydroxylation is 2. The van der Waals surface area contributed by atoms with Crippen LogP contribution < -0.4 is 0 Å². The summed E-state index contributed by atoms with van der Waals surface area (Å²) in [6.07, 6.45) is 7.21. The lowest BCUT2D eigenvalue weighted by molar-refractivity contribution is 0.0986. The molecule has 0 saturated heterocycles. The molecule has 0 aliphatic rings. The van der Waals surface area contributed by atoms with Crippen molar-refractivity contribution < 1.29 is 4.79 Å². The van der Waals surface area contributed by atoms with E-state index < -0.39 is 0 Å². The van der Waals surface area contributed by atoms with Gasteiger partial charge in [-0.05, 0) is 30.5 Å². The average Bonchev–Trinajstić information content (AvgIpc) is 3.34. The van der Waals surface area contributed by atoms with Crippen molar-refractivity contribution in [1.82, 2.24) is 25.0 Å². The van der Waals surface area contributed by atoms with Gasteiger partial charge in [0.1, 0.15) is 0 Å². The van der Waals surface area contributed by atoms with Crippen LogP contribution >= 0.6 is 11.3 Å². The molecule has 0 unspecified atom stereocenters. The first-order valence-electron chi connectivity index (χ1n) is 9.04. The quantitative estimate of drug-likeness (QED) is 0.449. The van der Waals surface area contributed by atoms with Crippen LogP contribution in [0.25, 0.3) is 5.13 Å². The molecule has 0 aliphatic heterocycles. The Morgan fingerprint density at radius 3 is 2.71 bits per heavy atom. The molecule has 0 atom stereocenters. The van der Waals surface area contributed by atoms with Gasteiger partial charge in [-0.25, -0.2) is 4.98 Å². The number of aromatic nitrogens is 5. The fourth-order valence-electron chi connectivity index (χ4n) is 2.93. The Morgan fingerprint density at radius 2 is 1.93 bits per heavy atom. The number of thiazole rings is 1. The third-order valence-electron chi connectivity index (χ3n) is 4.37. The molecule has 3 aromatic heterocycles. The highest BCUT2D eigenvalue weighted by Crippen LogP contribution is 2.23. The zero-order valence-electron chi connectivity index (χ0n) is 15.4. The fraction of sp³-hybridized carbons (Fsp3) is 0.190. The monoisotopic (exact) mass is 389 g/mol. The summed E-state index contributed by atoms with van der Waals surface area (Å²) < 4.78 is 1.65. The van der Waals surface area contributed by atoms with Gasteiger partial charge in [-0.15, -0.1) is 5.10 Å². The van der Waals surface area contributed by atoms with Crippen LogP contribution in [0, 0.1) is 6.92 Å². The van der Waals surface area contributed by atoms with Gasteiger partial charge < -0.3 is 0 Å². The van der Waals surface area contributed by atoms with E-state index in [-0.39, 0.29) is 5.78 Å². The first kappa shape index (κ1) is 18.2. The van der Waals surface area contributed by atoms with Gasteiger partial charge >= 0.3 is 0 Å². The van der Waals surface area contributed by atoms with E-state index in [2.05, 4.69) is 32.4 Å². The number of nitrogens with zero attached hydrogens (tertiary/aromatic N) is 5. The van der Waals surface area contributed by atoms with Gasteiger partial charge in [-0.3, -0.25) is 9.78 Å². The zero-order chi connectivity index (χ0) is 19.3. The number of benzene rings is 1. The van der Waals surface area contributed by atoms with Crippen LogP contribution in [0.4, 0.5) is 0 Å². The maximum absolute atomic E-state index is 12.6. The van der Waals surface area contributed by atoms with Gasteiger partial charge in [0, 0.05) is 25.2 Å². The van der Waals surface area contributed by atoms with E-state index in [4.69, 9.17) is 0 Å². The standard InChI is InChI=1S/C21H19N5OS/c1-15-20(19(27)10-9-17-8-5-11-22-13-17)28-21(23-15)26-14-18(24-25-26)12-16-6-3-2-4-7-16/h2-8,11,13-14H,9-10,12H2,1H3. The number of hydrogen-bond acceptors (Lipinski definition) is 6. The lowest BCUT2D eigenvalue weighted by Gasteiger charge is -1.99. The highest BCUT2D eigenvalue weighted by atomic mass is 32.1. The highest BCUT2D eigenvalue weighted by molar-refractivity contribution is 7.16. The lowest BCUT2D eigenvalue weighted by Crippen LogP contribution is -2.01. The van der Waals surface area contributed by atoms with Gasteiger partial charge in [0.15, 0.2) is 5.78 Å². The maximum atomic E-state index is 12.6. The third kappa shape index (κ3) is 4.20. The summed E-state index contributed by atoms with van der Waals surface area (Å²) in [5.74, 6) is 0.0923. The van der Waals surface area contributed by atoms with Crippen molar-refractivity contribution in [3.63, 3.8) is 0 Å². The Kier molecular flexibility index (Phi) is 5.34. The summed E-state index contributed by atoms with van der Waals surface area (Å²) in [5, 5.41) is 9.08. The number of rotatable bonds is 7. The molecular formula is C21H19N5OS. The predicted molar refractivity (Wildman–Crippen MR) is 108 cm³/mol. The largest absolute Gasteiger partial charge is 0.293 e. The van der Waals surface area contributed by atoms with E-state index >= 15 is 0 Å². The molecule has 1 aromatic carbocycles. The van der Waals surface area contributed by atoms with Crippen LogP contribution in [0.1, 0.15) is 38.6 Å². The van der Waals surface area contributed by atoms with Crippen molar-refractivity contribution in [2.45, 2.75) is 26.2 Å². The van der Waals surface area contributed by atoms with Gasteiger partial charge in [-0.1, -0.05) is 52.9 Å². The molecule has 0 fully saturated rings. The molecule has 28 heavy (non-hydrogen) atoms. The lowest BCUT2D eigenvalue weighted by atomic mass is 10.1. The van der Waals surface area contributed by atoms with E-state index in [1.54, 1.807) is 17.1 Å². The second-order valence-electron chi connectivity index (χ2n) is 6.51. The van der Waals surface area contributed by atoms with Gasteiger partial charge in [-0.2, -0.15) is 4.68 Å². The molecular weight excluding hydrogens is 370 g/mol. The Hall–Kier alpha value is -3.19. The molecule has 0 radical (unpaired) electrons. The van der Waals surface area contributed by atoms with E-state index in [0.717, 1.165) is 17.0 Å². The van der Waals surface area contributed by atoms with E-state index in [0.29, 0.717) is 29.3 Å². The number of carbonyl (C=O) groups excluding carboxylic acids is 1. The SMILES string of the molecule is Cc1nc(-n2cc(Cc3ccccc3)nn2)sc1C(=O)CCc1cccnc1. The molecule has 7 heteroatoms. The van der Waals surface area contributed by atoms with Gasteiger partial charge in [0.05, 0.1) is 22.5 Å². The molecule has 0 bridgehead atoms. The molecule has 4 rings (SSSR count). The second-order valence-corrected chi connectivity index (χ2v) is 7.49. The average molecular weight is 389 g/mol. The number of carbonyl (C=O) groups is 1. The van der Waals surface area contributed by atoms with Crippen LogP contribution in [0.3, 0.4) is 0 Å². The van der Waals surface area contributed by atoms with Gasteiger partial charge in [0.2, 0.25) is 5.13 Å². The summed E-state index contributed by atoms with van der Waals surface area (Å²) in [5.41, 5.74) is 3.83. The third-order valence-corrected chi connectivity index (χ3v) is 5.56. The van der Waals surface area contributed by atoms with Crippen LogP contribution in [0.5, 0.6) is 0 Å². The minimum atomic E-state index is 0.0923. The summed E-state index contributed by atoms with van der Waals surface area (Å²) >= 11 is 1.36. The smallest absolute Gasteiger partial charge is 0.212 e. The van der Waals surface area contributed by atoms with Crippen molar-refractivity contribution in [1.29, 1.82) is 0 Å². The highest BCUT2D eigenvalue weighted by Gasteiger charge is 2.17. The van der Waals surface area contributed by atoms with Crippen molar-refractivity contribution in [2.24, 2.45) is 0 Å². The van der Waals surface area contributed by atoms with Crippen LogP contribution in [-0.2, 0) is 12.8 Å². The Morgan fingerprint density at radius 1 is 1.11 bits per heavy atom. The molecule has 0 N–H and O–H groups in total. The molecule has 6 nitrogen and oxygen atoms in total. The zero-order valence-corrected chi connectivity index (χ0v) is 16.3. The van der Waals surface area contributed by atoms with Crippen LogP contribution in [-0.4, -0.2) is 30.7 Å². The van der Waals surface area contributed by atoms with Crippen LogP contribution in [0.2, 0.25) is 0 Å². The summed E-state index contributed by atoms with van der Waals surface area (Å²) in [6, 6.07) is 14.0.